The molecule has 14 heavy (non-hydrogen) atoms. The zero-order valence-corrected chi connectivity index (χ0v) is 9.13. The molecule has 0 saturated heterocycles. The van der Waals surface area contributed by atoms with Crippen LogP contribution in [0.2, 0.25) is 0 Å². The molecule has 1 atom stereocenters. The lowest BCUT2D eigenvalue weighted by atomic mass is 10.0. The number of aliphatic hydroxyl groups is 1. The van der Waals surface area contributed by atoms with E-state index in [-0.39, 0.29) is 17.6 Å². The largest absolute Gasteiger partial charge is 0.388 e. The fourth-order valence-corrected chi connectivity index (χ4v) is 1.12. The number of aromatic nitrogens is 2. The van der Waals surface area contributed by atoms with Crippen LogP contribution in [0, 0.1) is 0 Å². The summed E-state index contributed by atoms with van der Waals surface area (Å²) in [6, 6.07) is -0.336. The molecule has 1 aromatic rings. The second-order valence-electron chi connectivity index (χ2n) is 3.64. The van der Waals surface area contributed by atoms with Crippen molar-refractivity contribution in [1.82, 2.24) is 14.1 Å². The number of nitrogens with one attached hydrogen (secondary N) is 1. The van der Waals surface area contributed by atoms with Crippen molar-refractivity contribution in [3.8, 4) is 0 Å². The van der Waals surface area contributed by atoms with E-state index < -0.39 is 5.60 Å². The predicted molar refractivity (Wildman–Crippen MR) is 53.1 cm³/mol. The molecule has 0 aliphatic rings. The highest BCUT2D eigenvalue weighted by Gasteiger charge is 2.24. The monoisotopic (exact) mass is 215 g/mol. The molecule has 0 aromatic carbocycles. The van der Waals surface area contributed by atoms with Gasteiger partial charge in [0.05, 0.1) is 29.6 Å². The van der Waals surface area contributed by atoms with Gasteiger partial charge < -0.3 is 10.4 Å². The first-order valence-electron chi connectivity index (χ1n) is 4.22. The van der Waals surface area contributed by atoms with E-state index in [4.69, 9.17) is 0 Å². The number of hydrogen-bond acceptors (Lipinski definition) is 5. The van der Waals surface area contributed by atoms with Crippen LogP contribution in [-0.4, -0.2) is 31.4 Å². The molecule has 1 amide bonds. The molecule has 1 rings (SSSR count). The number of carbonyl (C=O) groups excluding carboxylic acids is 1. The van der Waals surface area contributed by atoms with Gasteiger partial charge in [-0.25, -0.2) is 0 Å². The van der Waals surface area contributed by atoms with Crippen LogP contribution in [0.25, 0.3) is 0 Å². The van der Waals surface area contributed by atoms with Gasteiger partial charge in [-0.05, 0) is 20.8 Å². The van der Waals surface area contributed by atoms with E-state index in [1.165, 1.54) is 6.20 Å². The lowest BCUT2D eigenvalue weighted by molar-refractivity contribution is 0.0407. The highest BCUT2D eigenvalue weighted by Crippen LogP contribution is 2.08. The van der Waals surface area contributed by atoms with Crippen LogP contribution in [0.15, 0.2) is 6.20 Å². The number of rotatable bonds is 3. The van der Waals surface area contributed by atoms with Gasteiger partial charge in [0, 0.05) is 0 Å². The smallest absolute Gasteiger partial charge is 0.272 e. The van der Waals surface area contributed by atoms with Crippen LogP contribution in [0.5, 0.6) is 0 Å². The molecule has 0 spiro atoms. The molecule has 0 aliphatic carbocycles. The third-order valence-electron chi connectivity index (χ3n) is 2.00. The molecular weight excluding hydrogens is 202 g/mol. The predicted octanol–water partition coefficient (Wildman–Crippen LogP) is 0.427. The van der Waals surface area contributed by atoms with Crippen LogP contribution in [0.4, 0.5) is 0 Å². The van der Waals surface area contributed by atoms with Gasteiger partial charge in [0.1, 0.15) is 0 Å². The quantitative estimate of drug-likeness (QED) is 0.766. The van der Waals surface area contributed by atoms with E-state index in [1.54, 1.807) is 20.8 Å². The van der Waals surface area contributed by atoms with Gasteiger partial charge in [0.25, 0.3) is 5.91 Å². The summed E-state index contributed by atoms with van der Waals surface area (Å²) < 4.78 is 7.51. The van der Waals surface area contributed by atoms with E-state index in [0.29, 0.717) is 0 Å². The molecule has 0 bridgehead atoms. The van der Waals surface area contributed by atoms with Crippen molar-refractivity contribution >= 4 is 17.6 Å². The fourth-order valence-electron chi connectivity index (χ4n) is 0.712. The first-order valence-corrected chi connectivity index (χ1v) is 4.95. The van der Waals surface area contributed by atoms with Crippen molar-refractivity contribution < 1.29 is 9.90 Å². The standard InChI is InChI=1S/C8H13N3O2S/c1-5(8(2,3)13)10-7(12)6-4-9-14-11-6/h4-5,13H,1-3H3,(H,10,12). The van der Waals surface area contributed by atoms with Gasteiger partial charge >= 0.3 is 0 Å². The van der Waals surface area contributed by atoms with E-state index in [0.717, 1.165) is 11.7 Å². The van der Waals surface area contributed by atoms with Gasteiger partial charge in [-0.2, -0.15) is 8.75 Å². The summed E-state index contributed by atoms with van der Waals surface area (Å²) >= 11 is 0.979. The van der Waals surface area contributed by atoms with Crippen LogP contribution in [0.3, 0.4) is 0 Å². The van der Waals surface area contributed by atoms with E-state index in [2.05, 4.69) is 14.1 Å². The Labute approximate surface area is 86.5 Å². The van der Waals surface area contributed by atoms with Gasteiger partial charge in [-0.15, -0.1) is 0 Å². The zero-order chi connectivity index (χ0) is 10.8. The molecule has 2 N–H and O–H groups in total. The summed E-state index contributed by atoms with van der Waals surface area (Å²) in [5, 5.41) is 12.2. The summed E-state index contributed by atoms with van der Waals surface area (Å²) in [5.41, 5.74) is -0.662. The Balaban J connectivity index is 2.58. The van der Waals surface area contributed by atoms with Crippen molar-refractivity contribution in [1.29, 1.82) is 0 Å². The highest BCUT2D eigenvalue weighted by atomic mass is 32.1. The Hall–Kier alpha value is -1.01. The average Bonchev–Trinajstić information content (AvgIpc) is 2.53. The van der Waals surface area contributed by atoms with Crippen molar-refractivity contribution in [2.45, 2.75) is 32.4 Å². The van der Waals surface area contributed by atoms with Crippen LogP contribution < -0.4 is 5.32 Å². The maximum atomic E-state index is 11.4. The first-order chi connectivity index (χ1) is 6.41. The van der Waals surface area contributed by atoms with Crippen LogP contribution in [-0.2, 0) is 0 Å². The summed E-state index contributed by atoms with van der Waals surface area (Å²) in [4.78, 5) is 11.4. The van der Waals surface area contributed by atoms with Gasteiger partial charge in [0.2, 0.25) is 0 Å². The van der Waals surface area contributed by atoms with Crippen molar-refractivity contribution in [3.63, 3.8) is 0 Å². The average molecular weight is 215 g/mol. The van der Waals surface area contributed by atoms with Crippen molar-refractivity contribution in [3.05, 3.63) is 11.9 Å². The molecule has 78 valence electrons. The lowest BCUT2D eigenvalue weighted by Gasteiger charge is -2.26. The van der Waals surface area contributed by atoms with Crippen molar-refractivity contribution in [2.75, 3.05) is 0 Å². The molecule has 1 unspecified atom stereocenters. The molecule has 0 aliphatic heterocycles. The number of carbonyl (C=O) groups is 1. The van der Waals surface area contributed by atoms with Crippen LogP contribution >= 0.6 is 11.7 Å². The molecule has 5 nitrogen and oxygen atoms in total. The molecule has 6 heteroatoms. The zero-order valence-electron chi connectivity index (χ0n) is 8.31. The first kappa shape index (κ1) is 11.1. The molecule has 1 aromatic heterocycles. The fraction of sp³-hybridized carbons (Fsp3) is 0.625. The minimum absolute atomic E-state index is 0.283. The summed E-state index contributed by atoms with van der Waals surface area (Å²) in [6.45, 7) is 5.01. The van der Waals surface area contributed by atoms with Crippen molar-refractivity contribution in [2.24, 2.45) is 0 Å². The topological polar surface area (TPSA) is 75.1 Å². The molecule has 0 saturated carbocycles. The normalized spacial score (nSPS) is 13.7. The molecule has 1 heterocycles. The minimum atomic E-state index is -0.945. The second-order valence-corrected chi connectivity index (χ2v) is 4.20. The van der Waals surface area contributed by atoms with Gasteiger partial charge in [-0.3, -0.25) is 4.79 Å². The number of amides is 1. The van der Waals surface area contributed by atoms with Gasteiger partial charge in [-0.1, -0.05) is 0 Å². The van der Waals surface area contributed by atoms with E-state index in [1.807, 2.05) is 0 Å². The number of nitrogens with zero attached hydrogens (tertiary/aromatic N) is 2. The second kappa shape index (κ2) is 4.02. The highest BCUT2D eigenvalue weighted by molar-refractivity contribution is 6.99. The maximum Gasteiger partial charge on any atom is 0.272 e. The molecular formula is C8H13N3O2S. The summed E-state index contributed by atoms with van der Waals surface area (Å²) in [7, 11) is 0. The van der Waals surface area contributed by atoms with Crippen LogP contribution in [0.1, 0.15) is 31.3 Å². The minimum Gasteiger partial charge on any atom is -0.388 e. The molecule has 0 fully saturated rings. The number of hydrogen-bond donors (Lipinski definition) is 2. The Morgan fingerprint density at radius 3 is 2.79 bits per heavy atom. The Morgan fingerprint density at radius 1 is 1.71 bits per heavy atom. The molecule has 0 radical (unpaired) electrons. The Kier molecular flexibility index (Phi) is 3.17. The Morgan fingerprint density at radius 2 is 2.36 bits per heavy atom. The SMILES string of the molecule is CC(NC(=O)c1cnsn1)C(C)(C)O. The maximum absolute atomic E-state index is 11.4. The third-order valence-corrected chi connectivity index (χ3v) is 2.48. The van der Waals surface area contributed by atoms with E-state index in [9.17, 15) is 9.90 Å². The Bertz CT molecular complexity index is 305. The summed E-state index contributed by atoms with van der Waals surface area (Å²) in [6.07, 6.45) is 1.40. The van der Waals surface area contributed by atoms with E-state index >= 15 is 0 Å². The summed E-state index contributed by atoms with van der Waals surface area (Å²) in [5.74, 6) is -0.312. The lowest BCUT2D eigenvalue weighted by Crippen LogP contribution is -2.47. The van der Waals surface area contributed by atoms with Gasteiger partial charge in [0.15, 0.2) is 5.69 Å². The third kappa shape index (κ3) is 2.74.